The molecule has 5 heteroatoms. The molecule has 1 heterocycles. The Labute approximate surface area is 106 Å². The average molecular weight is 247 g/mol. The summed E-state index contributed by atoms with van der Waals surface area (Å²) in [5.41, 5.74) is 6.40. The van der Waals surface area contributed by atoms with E-state index < -0.39 is 5.91 Å². The van der Waals surface area contributed by atoms with Crippen molar-refractivity contribution in [3.05, 3.63) is 29.8 Å². The number of carbonyl (C=O) groups is 2. The standard InChI is InChI=1S/C13H17N3O2/c14-12(17)9-4-3-5-10(8-9)16-11-6-1-2-7-15-13(11)18/h3-5,8,11,16H,1-2,6-7H2,(H2,14,17)(H,15,18). The predicted molar refractivity (Wildman–Crippen MR) is 69.2 cm³/mol. The maximum atomic E-state index is 11.8. The molecular formula is C13H17N3O2. The van der Waals surface area contributed by atoms with Gasteiger partial charge in [0.1, 0.15) is 6.04 Å². The monoisotopic (exact) mass is 247 g/mol. The molecule has 1 aliphatic heterocycles. The summed E-state index contributed by atoms with van der Waals surface area (Å²) in [6.07, 6.45) is 2.81. The van der Waals surface area contributed by atoms with Crippen LogP contribution in [0.5, 0.6) is 0 Å². The van der Waals surface area contributed by atoms with Crippen molar-refractivity contribution in [3.63, 3.8) is 0 Å². The first-order chi connectivity index (χ1) is 8.66. The Balaban J connectivity index is 2.10. The van der Waals surface area contributed by atoms with Crippen molar-refractivity contribution in [2.75, 3.05) is 11.9 Å². The third-order valence-corrected chi connectivity index (χ3v) is 3.02. The van der Waals surface area contributed by atoms with Gasteiger partial charge in [-0.05, 0) is 37.5 Å². The van der Waals surface area contributed by atoms with E-state index in [-0.39, 0.29) is 11.9 Å². The summed E-state index contributed by atoms with van der Waals surface area (Å²) in [6, 6.07) is 6.65. The van der Waals surface area contributed by atoms with Crippen LogP contribution in [0.2, 0.25) is 0 Å². The van der Waals surface area contributed by atoms with Crippen LogP contribution in [0.3, 0.4) is 0 Å². The quantitative estimate of drug-likeness (QED) is 0.741. The van der Waals surface area contributed by atoms with Gasteiger partial charge in [0.25, 0.3) is 0 Å². The number of rotatable bonds is 3. The molecule has 1 aliphatic rings. The van der Waals surface area contributed by atoms with Gasteiger partial charge in [0, 0.05) is 17.8 Å². The first-order valence-electron chi connectivity index (χ1n) is 6.11. The first kappa shape index (κ1) is 12.4. The van der Waals surface area contributed by atoms with Crippen molar-refractivity contribution in [3.8, 4) is 0 Å². The van der Waals surface area contributed by atoms with Gasteiger partial charge in [0.15, 0.2) is 0 Å². The molecule has 2 rings (SSSR count). The molecule has 5 nitrogen and oxygen atoms in total. The summed E-state index contributed by atoms with van der Waals surface area (Å²) in [4.78, 5) is 22.9. The second kappa shape index (κ2) is 5.53. The summed E-state index contributed by atoms with van der Waals surface area (Å²) in [7, 11) is 0. The van der Waals surface area contributed by atoms with Gasteiger partial charge < -0.3 is 16.4 Å². The molecule has 0 bridgehead atoms. The molecule has 1 unspecified atom stereocenters. The largest absolute Gasteiger partial charge is 0.374 e. The van der Waals surface area contributed by atoms with Crippen LogP contribution in [-0.4, -0.2) is 24.4 Å². The summed E-state index contributed by atoms with van der Waals surface area (Å²) in [6.45, 7) is 0.734. The number of primary amides is 1. The van der Waals surface area contributed by atoms with Crippen molar-refractivity contribution in [2.45, 2.75) is 25.3 Å². The molecule has 2 amide bonds. The van der Waals surface area contributed by atoms with Gasteiger partial charge in [0.2, 0.25) is 11.8 Å². The highest BCUT2D eigenvalue weighted by atomic mass is 16.2. The van der Waals surface area contributed by atoms with Crippen LogP contribution in [0.4, 0.5) is 5.69 Å². The van der Waals surface area contributed by atoms with Gasteiger partial charge in [-0.15, -0.1) is 0 Å². The zero-order valence-corrected chi connectivity index (χ0v) is 10.1. The van der Waals surface area contributed by atoms with Crippen molar-refractivity contribution < 1.29 is 9.59 Å². The Morgan fingerprint density at radius 2 is 2.22 bits per heavy atom. The summed E-state index contributed by atoms with van der Waals surface area (Å²) >= 11 is 0. The van der Waals surface area contributed by atoms with Crippen molar-refractivity contribution >= 4 is 17.5 Å². The minimum Gasteiger partial charge on any atom is -0.374 e. The number of hydrogen-bond donors (Lipinski definition) is 3. The second-order valence-electron chi connectivity index (χ2n) is 4.43. The van der Waals surface area contributed by atoms with E-state index in [1.165, 1.54) is 0 Å². The topological polar surface area (TPSA) is 84.2 Å². The van der Waals surface area contributed by atoms with Gasteiger partial charge in [-0.1, -0.05) is 6.07 Å². The van der Waals surface area contributed by atoms with E-state index in [0.717, 1.165) is 31.5 Å². The first-order valence-corrected chi connectivity index (χ1v) is 6.11. The van der Waals surface area contributed by atoms with Crippen LogP contribution in [0.1, 0.15) is 29.6 Å². The van der Waals surface area contributed by atoms with Gasteiger partial charge in [-0.3, -0.25) is 9.59 Å². The molecule has 0 saturated carbocycles. The van der Waals surface area contributed by atoms with Crippen molar-refractivity contribution in [1.82, 2.24) is 5.32 Å². The van der Waals surface area contributed by atoms with Crippen LogP contribution in [0, 0.1) is 0 Å². The number of amides is 2. The molecule has 4 N–H and O–H groups in total. The van der Waals surface area contributed by atoms with Crippen molar-refractivity contribution in [2.24, 2.45) is 5.73 Å². The molecule has 18 heavy (non-hydrogen) atoms. The Bertz CT molecular complexity index is 459. The summed E-state index contributed by atoms with van der Waals surface area (Å²) in [5.74, 6) is -0.457. The zero-order valence-electron chi connectivity index (χ0n) is 10.1. The van der Waals surface area contributed by atoms with E-state index in [1.807, 2.05) is 6.07 Å². The molecule has 1 aromatic carbocycles. The van der Waals surface area contributed by atoms with Gasteiger partial charge in [-0.25, -0.2) is 0 Å². The lowest BCUT2D eigenvalue weighted by Gasteiger charge is -2.16. The zero-order chi connectivity index (χ0) is 13.0. The lowest BCUT2D eigenvalue weighted by atomic mass is 10.1. The van der Waals surface area contributed by atoms with E-state index in [1.54, 1.807) is 18.2 Å². The van der Waals surface area contributed by atoms with Gasteiger partial charge >= 0.3 is 0 Å². The fourth-order valence-electron chi connectivity index (χ4n) is 2.04. The fraction of sp³-hybridized carbons (Fsp3) is 0.385. The maximum absolute atomic E-state index is 11.8. The van der Waals surface area contributed by atoms with Gasteiger partial charge in [0.05, 0.1) is 0 Å². The molecule has 0 aromatic heterocycles. The lowest BCUT2D eigenvalue weighted by Crippen LogP contribution is -2.37. The Hall–Kier alpha value is -2.04. The van der Waals surface area contributed by atoms with E-state index >= 15 is 0 Å². The Kier molecular flexibility index (Phi) is 3.82. The number of carbonyl (C=O) groups excluding carboxylic acids is 2. The number of nitrogens with two attached hydrogens (primary N) is 1. The third kappa shape index (κ3) is 3.00. The molecule has 1 saturated heterocycles. The van der Waals surface area contributed by atoms with Crippen LogP contribution in [0.15, 0.2) is 24.3 Å². The molecule has 0 aliphatic carbocycles. The second-order valence-corrected chi connectivity index (χ2v) is 4.43. The molecular weight excluding hydrogens is 230 g/mol. The molecule has 0 radical (unpaired) electrons. The van der Waals surface area contributed by atoms with Crippen LogP contribution >= 0.6 is 0 Å². The fourth-order valence-corrected chi connectivity index (χ4v) is 2.04. The number of hydrogen-bond acceptors (Lipinski definition) is 3. The molecule has 0 spiro atoms. The SMILES string of the molecule is NC(=O)c1cccc(NC2CCCCNC2=O)c1. The van der Waals surface area contributed by atoms with E-state index in [9.17, 15) is 9.59 Å². The van der Waals surface area contributed by atoms with Crippen LogP contribution < -0.4 is 16.4 Å². The number of nitrogens with one attached hydrogen (secondary N) is 2. The van der Waals surface area contributed by atoms with E-state index in [0.29, 0.717) is 5.56 Å². The van der Waals surface area contributed by atoms with Gasteiger partial charge in [-0.2, -0.15) is 0 Å². The lowest BCUT2D eigenvalue weighted by molar-refractivity contribution is -0.121. The molecule has 96 valence electrons. The number of benzene rings is 1. The molecule has 1 atom stereocenters. The smallest absolute Gasteiger partial charge is 0.248 e. The minimum atomic E-state index is -0.469. The Morgan fingerprint density at radius 3 is 3.00 bits per heavy atom. The maximum Gasteiger partial charge on any atom is 0.248 e. The molecule has 1 aromatic rings. The Morgan fingerprint density at radius 1 is 1.39 bits per heavy atom. The highest BCUT2D eigenvalue weighted by Gasteiger charge is 2.20. The van der Waals surface area contributed by atoms with Crippen LogP contribution in [0.25, 0.3) is 0 Å². The normalized spacial score (nSPS) is 19.8. The van der Waals surface area contributed by atoms with Crippen molar-refractivity contribution in [1.29, 1.82) is 0 Å². The van der Waals surface area contributed by atoms with E-state index in [2.05, 4.69) is 10.6 Å². The summed E-state index contributed by atoms with van der Waals surface area (Å²) in [5, 5.41) is 6.01. The number of anilines is 1. The summed E-state index contributed by atoms with van der Waals surface area (Å²) < 4.78 is 0. The highest BCUT2D eigenvalue weighted by molar-refractivity contribution is 5.94. The average Bonchev–Trinajstić information content (AvgIpc) is 2.55. The molecule has 1 fully saturated rings. The minimum absolute atomic E-state index is 0.0111. The highest BCUT2D eigenvalue weighted by Crippen LogP contribution is 2.15. The third-order valence-electron chi connectivity index (χ3n) is 3.02. The predicted octanol–water partition coefficient (Wildman–Crippen LogP) is 0.866. The van der Waals surface area contributed by atoms with Crippen LogP contribution in [-0.2, 0) is 4.79 Å². The van der Waals surface area contributed by atoms with E-state index in [4.69, 9.17) is 5.73 Å².